The Kier molecular flexibility index (Phi) is 7.24. The van der Waals surface area contributed by atoms with Crippen LogP contribution in [0.15, 0.2) is 77.8 Å². The van der Waals surface area contributed by atoms with Crippen molar-refractivity contribution in [3.05, 3.63) is 84.3 Å². The van der Waals surface area contributed by atoms with Gasteiger partial charge in [0.15, 0.2) is 17.7 Å². The third-order valence-corrected chi connectivity index (χ3v) is 7.04. The molecule has 11 nitrogen and oxygen atoms in total. The van der Waals surface area contributed by atoms with E-state index in [9.17, 15) is 17.6 Å². The van der Waals surface area contributed by atoms with Crippen molar-refractivity contribution < 1.29 is 27.1 Å². The predicted octanol–water partition coefficient (Wildman–Crippen LogP) is 4.07. The van der Waals surface area contributed by atoms with E-state index in [1.54, 1.807) is 37.1 Å². The number of hydrogen-bond donors (Lipinski definition) is 3. The minimum Gasteiger partial charge on any atom is -0.497 e. The molecule has 0 bridgehead atoms. The van der Waals surface area contributed by atoms with Crippen molar-refractivity contribution in [2.75, 3.05) is 22.6 Å². The fourth-order valence-electron chi connectivity index (χ4n) is 4.07. The van der Waals surface area contributed by atoms with Gasteiger partial charge in [-0.3, -0.25) is 4.79 Å². The molecule has 4 aromatic rings. The number of halogens is 1. The predicted molar refractivity (Wildman–Crippen MR) is 147 cm³/mol. The molecule has 5 rings (SSSR count). The number of anilines is 5. The highest BCUT2D eigenvalue weighted by Gasteiger charge is 2.32. The van der Waals surface area contributed by atoms with E-state index >= 15 is 0 Å². The number of fused-ring (bicyclic) bond motifs is 1. The summed E-state index contributed by atoms with van der Waals surface area (Å²) < 4.78 is 48.6. The Morgan fingerprint density at radius 1 is 1.05 bits per heavy atom. The average molecular weight is 565 g/mol. The van der Waals surface area contributed by atoms with Crippen LogP contribution in [0.5, 0.6) is 11.5 Å². The number of methoxy groups -OCH3 is 1. The zero-order valence-electron chi connectivity index (χ0n) is 21.5. The molecule has 3 aromatic carbocycles. The molecule has 0 fully saturated rings. The fourth-order valence-corrected chi connectivity index (χ4v) is 4.59. The molecule has 13 heteroatoms. The van der Waals surface area contributed by atoms with Crippen LogP contribution in [-0.4, -0.2) is 37.5 Å². The Labute approximate surface area is 229 Å². The number of rotatable bonds is 8. The van der Waals surface area contributed by atoms with E-state index in [0.717, 1.165) is 11.8 Å². The standard InChI is InChI=1S/C27H25FN6O5S/c1-16-26(35)34(15-17-3-8-20(38-2)9-4-17)23-13-19(7-12-24(23)39-16)31-25-22(28)14-30-27(33-25)32-18-5-10-21(11-6-18)40(29,36)37/h3-14,16H,15H2,1-2H3,(H2,29,36,37)(H2,30,31,32,33)/t16-/m1/s1. The second kappa shape index (κ2) is 10.8. The van der Waals surface area contributed by atoms with Crippen molar-refractivity contribution >= 4 is 44.8 Å². The van der Waals surface area contributed by atoms with Gasteiger partial charge in [-0.1, -0.05) is 12.1 Å². The maximum atomic E-state index is 14.7. The zero-order valence-corrected chi connectivity index (χ0v) is 22.3. The van der Waals surface area contributed by atoms with Gasteiger partial charge in [-0.25, -0.2) is 22.9 Å². The van der Waals surface area contributed by atoms with Crippen molar-refractivity contribution in [3.63, 3.8) is 0 Å². The van der Waals surface area contributed by atoms with Gasteiger partial charge in [0, 0.05) is 11.4 Å². The molecule has 0 unspecified atom stereocenters. The van der Waals surface area contributed by atoms with E-state index in [4.69, 9.17) is 14.6 Å². The van der Waals surface area contributed by atoms with Gasteiger partial charge in [-0.15, -0.1) is 0 Å². The smallest absolute Gasteiger partial charge is 0.268 e. The number of carbonyl (C=O) groups excluding carboxylic acids is 1. The summed E-state index contributed by atoms with van der Waals surface area (Å²) >= 11 is 0. The Morgan fingerprint density at radius 3 is 2.42 bits per heavy atom. The lowest BCUT2D eigenvalue weighted by molar-refractivity contribution is -0.125. The number of primary sulfonamides is 1. The number of aromatic nitrogens is 2. The van der Waals surface area contributed by atoms with Crippen molar-refractivity contribution in [2.24, 2.45) is 5.14 Å². The molecule has 1 amide bonds. The SMILES string of the molecule is COc1ccc(CN2C(=O)[C@@H](C)Oc3ccc(Nc4nc(Nc5ccc(S(N)(=O)=O)cc5)ncc4F)cc32)cc1. The Hall–Kier alpha value is -4.75. The summed E-state index contributed by atoms with van der Waals surface area (Å²) in [6, 6.07) is 18.1. The molecule has 0 saturated heterocycles. The van der Waals surface area contributed by atoms with Crippen molar-refractivity contribution in [3.8, 4) is 11.5 Å². The molecule has 1 aliphatic rings. The third-order valence-electron chi connectivity index (χ3n) is 6.11. The highest BCUT2D eigenvalue weighted by atomic mass is 32.2. The van der Waals surface area contributed by atoms with E-state index in [1.165, 1.54) is 24.3 Å². The Balaban J connectivity index is 1.38. The Morgan fingerprint density at radius 2 is 1.75 bits per heavy atom. The van der Waals surface area contributed by atoms with Gasteiger partial charge in [-0.2, -0.15) is 4.98 Å². The maximum Gasteiger partial charge on any atom is 0.268 e. The molecule has 40 heavy (non-hydrogen) atoms. The molecule has 0 spiro atoms. The normalized spacial score (nSPS) is 14.8. The number of amides is 1. The summed E-state index contributed by atoms with van der Waals surface area (Å²) in [7, 11) is -2.25. The molecule has 0 aliphatic carbocycles. The second-order valence-corrected chi connectivity index (χ2v) is 10.5. The molecule has 4 N–H and O–H groups in total. The van der Waals surface area contributed by atoms with Crippen LogP contribution in [0.3, 0.4) is 0 Å². The highest BCUT2D eigenvalue weighted by Crippen LogP contribution is 2.38. The summed E-state index contributed by atoms with van der Waals surface area (Å²) in [5, 5.41) is 11.0. The fraction of sp³-hybridized carbons (Fsp3) is 0.148. The van der Waals surface area contributed by atoms with Crippen LogP contribution in [0.1, 0.15) is 12.5 Å². The number of nitrogens with zero attached hydrogens (tertiary/aromatic N) is 3. The van der Waals surface area contributed by atoms with Crippen LogP contribution in [0.25, 0.3) is 0 Å². The first-order valence-electron chi connectivity index (χ1n) is 12.0. The summed E-state index contributed by atoms with van der Waals surface area (Å²) in [5.74, 6) is 0.256. The summed E-state index contributed by atoms with van der Waals surface area (Å²) in [6.45, 7) is 1.99. The van der Waals surface area contributed by atoms with Crippen LogP contribution in [0.4, 0.5) is 33.2 Å². The molecule has 0 radical (unpaired) electrons. The second-order valence-electron chi connectivity index (χ2n) is 8.92. The maximum absolute atomic E-state index is 14.7. The van der Waals surface area contributed by atoms with Gasteiger partial charge in [-0.05, 0) is 67.1 Å². The summed E-state index contributed by atoms with van der Waals surface area (Å²) in [4.78, 5) is 22.8. The monoisotopic (exact) mass is 564 g/mol. The van der Waals surface area contributed by atoms with Crippen LogP contribution in [0.2, 0.25) is 0 Å². The van der Waals surface area contributed by atoms with Crippen LogP contribution < -0.4 is 30.1 Å². The van der Waals surface area contributed by atoms with Crippen molar-refractivity contribution in [2.45, 2.75) is 24.5 Å². The average Bonchev–Trinajstić information content (AvgIpc) is 2.93. The van der Waals surface area contributed by atoms with E-state index in [0.29, 0.717) is 35.1 Å². The topological polar surface area (TPSA) is 149 Å². The van der Waals surface area contributed by atoms with E-state index in [2.05, 4.69) is 20.6 Å². The summed E-state index contributed by atoms with van der Waals surface area (Å²) in [5.41, 5.74) is 2.34. The molecular formula is C27H25FN6O5S. The lowest BCUT2D eigenvalue weighted by atomic mass is 10.1. The van der Waals surface area contributed by atoms with Crippen LogP contribution in [0, 0.1) is 5.82 Å². The Bertz CT molecular complexity index is 1670. The van der Waals surface area contributed by atoms with Gasteiger partial charge in [0.05, 0.1) is 30.4 Å². The van der Waals surface area contributed by atoms with E-state index in [1.807, 2.05) is 24.3 Å². The van der Waals surface area contributed by atoms with E-state index in [-0.39, 0.29) is 22.6 Å². The number of carbonyl (C=O) groups is 1. The first kappa shape index (κ1) is 26.8. The van der Waals surface area contributed by atoms with Crippen LogP contribution >= 0.6 is 0 Å². The number of nitrogens with two attached hydrogens (primary N) is 1. The van der Waals surface area contributed by atoms with Gasteiger partial charge in [0.25, 0.3) is 5.91 Å². The summed E-state index contributed by atoms with van der Waals surface area (Å²) in [6.07, 6.45) is 0.329. The number of sulfonamides is 1. The van der Waals surface area contributed by atoms with Crippen molar-refractivity contribution in [1.29, 1.82) is 0 Å². The molecule has 206 valence electrons. The highest BCUT2D eigenvalue weighted by molar-refractivity contribution is 7.89. The lowest BCUT2D eigenvalue weighted by Gasteiger charge is -2.33. The van der Waals surface area contributed by atoms with Crippen molar-refractivity contribution in [1.82, 2.24) is 9.97 Å². The number of hydrogen-bond acceptors (Lipinski definition) is 9. The minimum atomic E-state index is -3.83. The molecule has 2 heterocycles. The van der Waals surface area contributed by atoms with Crippen LogP contribution in [-0.2, 0) is 21.4 Å². The van der Waals surface area contributed by atoms with Gasteiger partial charge >= 0.3 is 0 Å². The quantitative estimate of drug-likeness (QED) is 0.288. The lowest BCUT2D eigenvalue weighted by Crippen LogP contribution is -2.44. The number of nitrogens with one attached hydrogen (secondary N) is 2. The zero-order chi connectivity index (χ0) is 28.4. The third kappa shape index (κ3) is 5.80. The number of ether oxygens (including phenoxy) is 2. The minimum absolute atomic E-state index is 0.0503. The first-order chi connectivity index (χ1) is 19.1. The molecule has 0 saturated carbocycles. The molecular weight excluding hydrogens is 539 g/mol. The van der Waals surface area contributed by atoms with Gasteiger partial charge in [0.2, 0.25) is 16.0 Å². The molecule has 1 atom stereocenters. The molecule has 1 aliphatic heterocycles. The molecule has 1 aromatic heterocycles. The van der Waals surface area contributed by atoms with Gasteiger partial charge in [0.1, 0.15) is 11.5 Å². The van der Waals surface area contributed by atoms with E-state index < -0.39 is 21.9 Å². The first-order valence-corrected chi connectivity index (χ1v) is 13.6. The van der Waals surface area contributed by atoms with Gasteiger partial charge < -0.3 is 25.0 Å². The number of benzene rings is 3. The largest absolute Gasteiger partial charge is 0.497 e.